The summed E-state index contributed by atoms with van der Waals surface area (Å²) in [7, 11) is -3.20. The second kappa shape index (κ2) is 17.7. The molecule has 0 aliphatic heterocycles. The summed E-state index contributed by atoms with van der Waals surface area (Å²) in [6, 6.07) is 46.1. The summed E-state index contributed by atoms with van der Waals surface area (Å²) in [5.74, 6) is 3.22. The van der Waals surface area contributed by atoms with Gasteiger partial charge in [0.25, 0.3) is 0 Å². The van der Waals surface area contributed by atoms with E-state index in [4.69, 9.17) is 18.1 Å². The van der Waals surface area contributed by atoms with Crippen molar-refractivity contribution in [2.75, 3.05) is 0 Å². The van der Waals surface area contributed by atoms with Crippen molar-refractivity contribution in [3.63, 3.8) is 0 Å². The molecular formula is C50H56O4P2. The Labute approximate surface area is 338 Å². The third-order valence-corrected chi connectivity index (χ3v) is 12.8. The standard InChI is InChI=1S/C50H56O4P2/c1-11-30-50(9,10)44-27-19-21-29-46(44)52-56(40-24-16-13-17-25-40)54-48-38(5)32-36(3)34-42(48)41-33-35(2)31-37(4)47(41)53-55(39-22-14-12-15-23-39)51-45-28-20-18-26-43(45)49(6,7)8/h12-29,31-34H,11,30H2,1-10H3. The SMILES string of the molecule is CCCC(C)(C)c1ccccc1OP(Oc1c(C)cc(C)cc1-c1cc(C)cc(C)c1OP(Oc1ccccc1C(C)(C)C)c1ccccc1)c1ccccc1. The van der Waals surface area contributed by atoms with Crippen LogP contribution in [0.5, 0.6) is 23.0 Å². The van der Waals surface area contributed by atoms with E-state index in [2.05, 4.69) is 148 Å². The van der Waals surface area contributed by atoms with Crippen molar-refractivity contribution in [1.29, 1.82) is 0 Å². The van der Waals surface area contributed by atoms with E-state index in [1.54, 1.807) is 0 Å². The van der Waals surface area contributed by atoms with E-state index >= 15 is 0 Å². The molecule has 0 bridgehead atoms. The molecule has 6 aromatic rings. The lowest BCUT2D eigenvalue weighted by Crippen LogP contribution is -2.19. The van der Waals surface area contributed by atoms with E-state index < -0.39 is 16.8 Å². The van der Waals surface area contributed by atoms with Crippen molar-refractivity contribution in [2.24, 2.45) is 0 Å². The fourth-order valence-electron chi connectivity index (χ4n) is 7.27. The van der Waals surface area contributed by atoms with Crippen LogP contribution in [0.1, 0.15) is 87.8 Å². The first-order chi connectivity index (χ1) is 26.7. The van der Waals surface area contributed by atoms with Crippen molar-refractivity contribution in [1.82, 2.24) is 0 Å². The Morgan fingerprint density at radius 3 is 1.29 bits per heavy atom. The molecule has 4 nitrogen and oxygen atoms in total. The van der Waals surface area contributed by atoms with E-state index in [0.717, 1.165) is 85.4 Å². The molecule has 290 valence electrons. The zero-order valence-electron chi connectivity index (χ0n) is 34.6. The molecule has 6 rings (SSSR count). The largest absolute Gasteiger partial charge is 0.435 e. The molecule has 6 aromatic carbocycles. The number of aryl methyl sites for hydroxylation is 4. The lowest BCUT2D eigenvalue weighted by molar-refractivity contribution is 0.442. The highest BCUT2D eigenvalue weighted by Crippen LogP contribution is 2.52. The Bertz CT molecular complexity index is 2240. The summed E-state index contributed by atoms with van der Waals surface area (Å²) in [6.07, 6.45) is 2.13. The Kier molecular flexibility index (Phi) is 12.9. The summed E-state index contributed by atoms with van der Waals surface area (Å²) >= 11 is 0. The van der Waals surface area contributed by atoms with Gasteiger partial charge in [0.15, 0.2) is 0 Å². The second-order valence-electron chi connectivity index (χ2n) is 16.3. The lowest BCUT2D eigenvalue weighted by atomic mass is 9.80. The molecule has 2 unspecified atom stereocenters. The van der Waals surface area contributed by atoms with Crippen molar-refractivity contribution in [3.05, 3.63) is 167 Å². The van der Waals surface area contributed by atoms with Gasteiger partial charge in [-0.1, -0.05) is 133 Å². The molecule has 0 heterocycles. The van der Waals surface area contributed by atoms with Crippen LogP contribution in [0.2, 0.25) is 0 Å². The Morgan fingerprint density at radius 2 is 0.857 bits per heavy atom. The van der Waals surface area contributed by atoms with Crippen LogP contribution < -0.4 is 28.7 Å². The van der Waals surface area contributed by atoms with Gasteiger partial charge in [-0.25, -0.2) is 0 Å². The first-order valence-electron chi connectivity index (χ1n) is 19.6. The maximum Gasteiger partial charge on any atom is 0.326 e. The predicted octanol–water partition coefficient (Wildman–Crippen LogP) is 14.2. The summed E-state index contributed by atoms with van der Waals surface area (Å²) in [5, 5.41) is 1.98. The van der Waals surface area contributed by atoms with E-state index in [0.29, 0.717) is 0 Å². The highest BCUT2D eigenvalue weighted by Gasteiger charge is 2.30. The third kappa shape index (κ3) is 9.66. The van der Waals surface area contributed by atoms with E-state index in [-0.39, 0.29) is 10.8 Å². The van der Waals surface area contributed by atoms with Crippen LogP contribution >= 0.6 is 16.8 Å². The minimum Gasteiger partial charge on any atom is -0.435 e. The minimum atomic E-state index is -1.60. The molecular weight excluding hydrogens is 726 g/mol. The topological polar surface area (TPSA) is 36.9 Å². The molecule has 0 amide bonds. The van der Waals surface area contributed by atoms with Crippen LogP contribution in [0.15, 0.2) is 133 Å². The quantitative estimate of drug-likeness (QED) is 0.103. The molecule has 56 heavy (non-hydrogen) atoms. The second-order valence-corrected chi connectivity index (χ2v) is 19.1. The number of rotatable bonds is 14. The molecule has 0 saturated carbocycles. The van der Waals surface area contributed by atoms with Gasteiger partial charge in [-0.2, -0.15) is 0 Å². The zero-order valence-corrected chi connectivity index (χ0v) is 36.4. The van der Waals surface area contributed by atoms with Crippen LogP contribution in [-0.2, 0) is 10.8 Å². The maximum atomic E-state index is 7.24. The molecule has 0 aliphatic carbocycles. The van der Waals surface area contributed by atoms with E-state index in [1.807, 2.05) is 54.6 Å². The molecule has 2 atom stereocenters. The van der Waals surface area contributed by atoms with Crippen LogP contribution in [0.25, 0.3) is 11.1 Å². The van der Waals surface area contributed by atoms with Gasteiger partial charge in [0, 0.05) is 16.7 Å². The van der Waals surface area contributed by atoms with Gasteiger partial charge >= 0.3 is 16.8 Å². The van der Waals surface area contributed by atoms with Crippen LogP contribution in [0.4, 0.5) is 0 Å². The highest BCUT2D eigenvalue weighted by molar-refractivity contribution is 7.57. The Hall–Kier alpha value is -4.62. The highest BCUT2D eigenvalue weighted by atomic mass is 31.2. The third-order valence-electron chi connectivity index (χ3n) is 9.96. The van der Waals surface area contributed by atoms with Gasteiger partial charge in [-0.3, -0.25) is 0 Å². The Morgan fingerprint density at radius 1 is 0.464 bits per heavy atom. The fourth-order valence-corrected chi connectivity index (χ4v) is 10.1. The van der Waals surface area contributed by atoms with Gasteiger partial charge in [0.1, 0.15) is 23.0 Å². The number of hydrogen-bond donors (Lipinski definition) is 0. The summed E-state index contributed by atoms with van der Waals surface area (Å²) in [4.78, 5) is 0. The summed E-state index contributed by atoms with van der Waals surface area (Å²) < 4.78 is 28.4. The first kappa shape index (κ1) is 41.0. The van der Waals surface area contributed by atoms with Crippen LogP contribution in [0.3, 0.4) is 0 Å². The normalized spacial score (nSPS) is 12.8. The maximum absolute atomic E-state index is 7.24. The smallest absolute Gasteiger partial charge is 0.326 e. The predicted molar refractivity (Wildman–Crippen MR) is 239 cm³/mol. The molecule has 0 spiro atoms. The summed E-state index contributed by atoms with van der Waals surface area (Å²) in [6.45, 7) is 22.0. The number of benzene rings is 6. The number of para-hydroxylation sites is 2. The fraction of sp³-hybridized carbons (Fsp3) is 0.280. The number of hydrogen-bond acceptors (Lipinski definition) is 4. The van der Waals surface area contributed by atoms with Crippen molar-refractivity contribution in [2.45, 2.75) is 92.9 Å². The summed E-state index contributed by atoms with van der Waals surface area (Å²) in [5.41, 5.74) is 8.35. The Balaban J connectivity index is 1.47. The van der Waals surface area contributed by atoms with Gasteiger partial charge in [0.2, 0.25) is 0 Å². The van der Waals surface area contributed by atoms with Gasteiger partial charge in [-0.05, 0) is 121 Å². The molecule has 6 heteroatoms. The van der Waals surface area contributed by atoms with Gasteiger partial charge in [0.05, 0.1) is 10.6 Å². The lowest BCUT2D eigenvalue weighted by Gasteiger charge is -2.29. The molecule has 0 saturated heterocycles. The van der Waals surface area contributed by atoms with E-state index in [1.165, 1.54) is 5.56 Å². The van der Waals surface area contributed by atoms with Crippen LogP contribution in [-0.4, -0.2) is 0 Å². The average molecular weight is 783 g/mol. The van der Waals surface area contributed by atoms with Gasteiger partial charge in [-0.15, -0.1) is 0 Å². The first-order valence-corrected chi connectivity index (χ1v) is 21.9. The molecule has 0 fully saturated rings. The molecule has 0 N–H and O–H groups in total. The minimum absolute atomic E-state index is 0.0636. The van der Waals surface area contributed by atoms with E-state index in [9.17, 15) is 0 Å². The van der Waals surface area contributed by atoms with Gasteiger partial charge < -0.3 is 18.1 Å². The molecule has 0 aliphatic rings. The van der Waals surface area contributed by atoms with Crippen molar-refractivity contribution in [3.8, 4) is 34.1 Å². The average Bonchev–Trinajstić information content (AvgIpc) is 3.16. The molecule has 0 aromatic heterocycles. The van der Waals surface area contributed by atoms with Crippen LogP contribution in [0, 0.1) is 27.7 Å². The molecule has 0 radical (unpaired) electrons. The monoisotopic (exact) mass is 782 g/mol. The zero-order chi connectivity index (χ0) is 40.0. The van der Waals surface area contributed by atoms with Crippen molar-refractivity contribution < 1.29 is 18.1 Å². The van der Waals surface area contributed by atoms with Crippen molar-refractivity contribution >= 4 is 27.4 Å².